The van der Waals surface area contributed by atoms with Crippen LogP contribution in [0.15, 0.2) is 66.0 Å². The van der Waals surface area contributed by atoms with Crippen molar-refractivity contribution < 1.29 is 14.7 Å². The Balaban J connectivity index is 1.61. The summed E-state index contributed by atoms with van der Waals surface area (Å²) >= 11 is 0. The van der Waals surface area contributed by atoms with Gasteiger partial charge in [0.15, 0.2) is 5.78 Å². The molecule has 1 atom stereocenters. The number of carbonyl (C=O) groups excluding carboxylic acids is 2. The zero-order valence-corrected chi connectivity index (χ0v) is 18.8. The molecule has 2 aromatic carbocycles. The second-order valence-corrected chi connectivity index (χ2v) is 9.58. The number of nitrogens with one attached hydrogen (secondary N) is 2. The smallest absolute Gasteiger partial charge is 0.261 e. The molecule has 168 valence electrons. The number of hydrogen-bond acceptors (Lipinski definition) is 5. The number of hydrogen-bond donors (Lipinski definition) is 3. The van der Waals surface area contributed by atoms with Crippen molar-refractivity contribution in [2.24, 2.45) is 5.41 Å². The highest BCUT2D eigenvalue weighted by atomic mass is 16.3. The van der Waals surface area contributed by atoms with Crippen LogP contribution in [0.25, 0.3) is 0 Å². The molecular formula is C26H26N4O3. The molecule has 0 saturated heterocycles. The van der Waals surface area contributed by atoms with Crippen LogP contribution < -0.4 is 10.6 Å². The van der Waals surface area contributed by atoms with Gasteiger partial charge in [0, 0.05) is 23.4 Å². The molecule has 0 bridgehead atoms. The highest BCUT2D eigenvalue weighted by Gasteiger charge is 2.42. The number of carbonyl (C=O) groups is 2. The van der Waals surface area contributed by atoms with Gasteiger partial charge in [-0.25, -0.2) is 4.68 Å². The van der Waals surface area contributed by atoms with Gasteiger partial charge >= 0.3 is 0 Å². The summed E-state index contributed by atoms with van der Waals surface area (Å²) in [4.78, 5) is 26.5. The molecule has 3 N–H and O–H groups in total. The van der Waals surface area contributed by atoms with Crippen molar-refractivity contribution in [2.75, 3.05) is 10.6 Å². The summed E-state index contributed by atoms with van der Waals surface area (Å²) in [6.07, 6.45) is 2.63. The summed E-state index contributed by atoms with van der Waals surface area (Å²) < 4.78 is 1.68. The second kappa shape index (κ2) is 7.62. The molecule has 1 aromatic heterocycles. The number of para-hydroxylation sites is 1. The summed E-state index contributed by atoms with van der Waals surface area (Å²) in [5.74, 6) is 0.425. The van der Waals surface area contributed by atoms with Gasteiger partial charge < -0.3 is 15.7 Å². The third-order valence-electron chi connectivity index (χ3n) is 6.33. The minimum atomic E-state index is -0.521. The molecule has 0 fully saturated rings. The average molecular weight is 443 g/mol. The summed E-state index contributed by atoms with van der Waals surface area (Å²) in [5.41, 5.74) is 4.08. The first-order valence-corrected chi connectivity index (χ1v) is 11.0. The quantitative estimate of drug-likeness (QED) is 0.541. The molecule has 1 amide bonds. The monoisotopic (exact) mass is 442 g/mol. The lowest BCUT2D eigenvalue weighted by Gasteiger charge is -2.39. The van der Waals surface area contributed by atoms with Gasteiger partial charge in [0.2, 0.25) is 0 Å². The predicted molar refractivity (Wildman–Crippen MR) is 126 cm³/mol. The van der Waals surface area contributed by atoms with Crippen LogP contribution in [0.1, 0.15) is 54.2 Å². The predicted octanol–water partition coefficient (Wildman–Crippen LogP) is 4.81. The number of aryl methyl sites for hydroxylation is 1. The number of Topliss-reactive ketones (excluding diaryl/α,β-unsaturated/α-hetero) is 1. The molecule has 0 spiro atoms. The van der Waals surface area contributed by atoms with Gasteiger partial charge in [0.1, 0.15) is 23.2 Å². The molecule has 1 aliphatic carbocycles. The third kappa shape index (κ3) is 3.69. The number of aromatic nitrogens is 2. The van der Waals surface area contributed by atoms with Crippen molar-refractivity contribution in [3.05, 3.63) is 82.7 Å². The lowest BCUT2D eigenvalue weighted by atomic mass is 9.73. The lowest BCUT2D eigenvalue weighted by Crippen LogP contribution is -2.37. The Kier molecular flexibility index (Phi) is 4.85. The number of phenolic OH excluding ortho intramolecular Hbond substituents is 1. The Morgan fingerprint density at radius 3 is 2.73 bits per heavy atom. The van der Waals surface area contributed by atoms with Crippen LogP contribution in [0.4, 0.5) is 11.5 Å². The number of phenols is 1. The Morgan fingerprint density at radius 2 is 1.97 bits per heavy atom. The number of rotatable bonds is 3. The highest BCUT2D eigenvalue weighted by Crippen LogP contribution is 2.46. The van der Waals surface area contributed by atoms with Crippen molar-refractivity contribution in [2.45, 2.75) is 39.7 Å². The first-order chi connectivity index (χ1) is 15.7. The fourth-order valence-electron chi connectivity index (χ4n) is 4.78. The van der Waals surface area contributed by atoms with Gasteiger partial charge in [0.05, 0.1) is 6.20 Å². The average Bonchev–Trinajstić information content (AvgIpc) is 3.16. The summed E-state index contributed by atoms with van der Waals surface area (Å²) in [6, 6.07) is 13.9. The third-order valence-corrected chi connectivity index (χ3v) is 6.33. The zero-order chi connectivity index (χ0) is 23.3. The van der Waals surface area contributed by atoms with E-state index in [4.69, 9.17) is 0 Å². The van der Waals surface area contributed by atoms with Gasteiger partial charge in [-0.15, -0.1) is 0 Å². The molecule has 7 heteroatoms. The topological polar surface area (TPSA) is 96.3 Å². The standard InChI is InChI=1S/C26H26N4O3/c1-15-7-4-5-10-19(15)29-25(33)18-14-27-30-23(16-8-6-9-17(31)11-16)22-20(28-24(18)30)12-26(2,3)13-21(22)32/h4-11,14,23,28,31H,12-13H2,1-3H3,(H,29,33)/t23-/m1/s1. The second-order valence-electron chi connectivity index (χ2n) is 9.58. The maximum atomic E-state index is 13.3. The molecular weight excluding hydrogens is 416 g/mol. The minimum Gasteiger partial charge on any atom is -0.508 e. The molecule has 2 aliphatic rings. The molecule has 33 heavy (non-hydrogen) atoms. The van der Waals surface area contributed by atoms with Crippen molar-refractivity contribution in [1.82, 2.24) is 9.78 Å². The number of anilines is 2. The van der Waals surface area contributed by atoms with Crippen LogP contribution >= 0.6 is 0 Å². The SMILES string of the molecule is Cc1ccccc1NC(=O)c1cnn2c1NC1=C(C(=O)CC(C)(C)C1)[C@H]2c1cccc(O)c1. The number of nitrogens with zero attached hydrogens (tertiary/aromatic N) is 2. The summed E-state index contributed by atoms with van der Waals surface area (Å²) in [5, 5.41) is 21.0. The van der Waals surface area contributed by atoms with Crippen molar-refractivity contribution in [3.63, 3.8) is 0 Å². The Labute approximate surface area is 192 Å². The number of fused-ring (bicyclic) bond motifs is 1. The van der Waals surface area contributed by atoms with E-state index in [-0.39, 0.29) is 22.9 Å². The van der Waals surface area contributed by atoms with Crippen LogP contribution in [0.5, 0.6) is 5.75 Å². The Bertz CT molecular complexity index is 1320. The van der Waals surface area contributed by atoms with Gasteiger partial charge in [0.25, 0.3) is 5.91 Å². The van der Waals surface area contributed by atoms with Crippen LogP contribution in [-0.4, -0.2) is 26.6 Å². The first-order valence-electron chi connectivity index (χ1n) is 11.0. The largest absolute Gasteiger partial charge is 0.508 e. The van der Waals surface area contributed by atoms with E-state index in [1.165, 1.54) is 6.20 Å². The summed E-state index contributed by atoms with van der Waals surface area (Å²) in [6.45, 7) is 6.07. The fourth-order valence-corrected chi connectivity index (χ4v) is 4.78. The first kappa shape index (κ1) is 21.0. The van der Waals surface area contributed by atoms with E-state index >= 15 is 0 Å². The molecule has 0 saturated carbocycles. The molecule has 3 aromatic rings. The maximum absolute atomic E-state index is 13.3. The molecule has 7 nitrogen and oxygen atoms in total. The normalized spacial score (nSPS) is 18.9. The maximum Gasteiger partial charge on any atom is 0.261 e. The van der Waals surface area contributed by atoms with Crippen LogP contribution in [-0.2, 0) is 4.79 Å². The van der Waals surface area contributed by atoms with Gasteiger partial charge in [-0.3, -0.25) is 9.59 Å². The van der Waals surface area contributed by atoms with E-state index in [1.54, 1.807) is 22.9 Å². The van der Waals surface area contributed by atoms with E-state index < -0.39 is 6.04 Å². The molecule has 1 aliphatic heterocycles. The Hall–Kier alpha value is -3.87. The molecule has 5 rings (SSSR count). The van der Waals surface area contributed by atoms with Crippen molar-refractivity contribution in [3.8, 4) is 5.75 Å². The van der Waals surface area contributed by atoms with E-state index in [0.717, 1.165) is 22.5 Å². The van der Waals surface area contributed by atoms with Crippen molar-refractivity contribution in [1.29, 1.82) is 0 Å². The number of allylic oxidation sites excluding steroid dienone is 2. The van der Waals surface area contributed by atoms with Gasteiger partial charge in [-0.1, -0.05) is 44.2 Å². The van der Waals surface area contributed by atoms with Crippen LogP contribution in [0.3, 0.4) is 0 Å². The van der Waals surface area contributed by atoms with Crippen molar-refractivity contribution >= 4 is 23.2 Å². The molecule has 0 radical (unpaired) electrons. The number of amides is 1. The molecule has 0 unspecified atom stereocenters. The van der Waals surface area contributed by atoms with Crippen LogP contribution in [0.2, 0.25) is 0 Å². The van der Waals surface area contributed by atoms with E-state index in [1.807, 2.05) is 37.3 Å². The zero-order valence-electron chi connectivity index (χ0n) is 18.8. The van der Waals surface area contributed by atoms with Gasteiger partial charge in [-0.05, 0) is 48.1 Å². The number of ketones is 1. The number of aromatic hydroxyl groups is 1. The highest BCUT2D eigenvalue weighted by molar-refractivity contribution is 6.08. The lowest BCUT2D eigenvalue weighted by molar-refractivity contribution is -0.118. The van der Waals surface area contributed by atoms with Crippen LogP contribution in [0, 0.1) is 12.3 Å². The molecule has 2 heterocycles. The van der Waals surface area contributed by atoms with E-state index in [2.05, 4.69) is 29.6 Å². The number of benzene rings is 2. The fraction of sp³-hybridized carbons (Fsp3) is 0.269. The van der Waals surface area contributed by atoms with E-state index in [0.29, 0.717) is 29.8 Å². The van der Waals surface area contributed by atoms with Gasteiger partial charge in [-0.2, -0.15) is 5.10 Å². The summed E-state index contributed by atoms with van der Waals surface area (Å²) in [7, 11) is 0. The minimum absolute atomic E-state index is 0.0501. The Morgan fingerprint density at radius 1 is 1.18 bits per heavy atom. The van der Waals surface area contributed by atoms with E-state index in [9.17, 15) is 14.7 Å².